The summed E-state index contributed by atoms with van der Waals surface area (Å²) in [6, 6.07) is 0. The Morgan fingerprint density at radius 3 is 2.31 bits per heavy atom. The van der Waals surface area contributed by atoms with Crippen molar-refractivity contribution in [1.82, 2.24) is 4.90 Å². The minimum absolute atomic E-state index is 0.150. The summed E-state index contributed by atoms with van der Waals surface area (Å²) in [7, 11) is 0. The van der Waals surface area contributed by atoms with Crippen molar-refractivity contribution in [1.29, 1.82) is 0 Å². The van der Waals surface area contributed by atoms with Gasteiger partial charge in [-0.3, -0.25) is 4.90 Å². The lowest BCUT2D eigenvalue weighted by molar-refractivity contribution is -0.0258. The summed E-state index contributed by atoms with van der Waals surface area (Å²) in [5.41, 5.74) is 6.11. The van der Waals surface area contributed by atoms with E-state index in [2.05, 4.69) is 32.6 Å². The molecule has 0 radical (unpaired) electrons. The van der Waals surface area contributed by atoms with Gasteiger partial charge in [-0.05, 0) is 32.6 Å². The van der Waals surface area contributed by atoms with Crippen LogP contribution < -0.4 is 5.73 Å². The Morgan fingerprint density at radius 1 is 1.38 bits per heavy atom. The molecular weight excluding hydrogens is 200 g/mol. The monoisotopic (exact) mass is 228 g/mol. The highest BCUT2D eigenvalue weighted by molar-refractivity contribution is 4.92. The van der Waals surface area contributed by atoms with Crippen molar-refractivity contribution in [3.05, 3.63) is 0 Å². The lowest BCUT2D eigenvalue weighted by Gasteiger charge is -2.47. The van der Waals surface area contributed by atoms with Crippen molar-refractivity contribution in [3.8, 4) is 0 Å². The fourth-order valence-electron chi connectivity index (χ4n) is 2.50. The Morgan fingerprint density at radius 2 is 1.94 bits per heavy atom. The first-order chi connectivity index (χ1) is 7.54. The van der Waals surface area contributed by atoms with Crippen LogP contribution in [0.15, 0.2) is 0 Å². The van der Waals surface area contributed by atoms with E-state index in [1.165, 1.54) is 0 Å². The quantitative estimate of drug-likeness (QED) is 0.780. The van der Waals surface area contributed by atoms with Crippen LogP contribution in [0.3, 0.4) is 0 Å². The topological polar surface area (TPSA) is 38.5 Å². The van der Waals surface area contributed by atoms with Crippen molar-refractivity contribution < 1.29 is 4.74 Å². The Balaban J connectivity index is 2.51. The van der Waals surface area contributed by atoms with Crippen molar-refractivity contribution >= 4 is 0 Å². The van der Waals surface area contributed by atoms with Gasteiger partial charge in [0.2, 0.25) is 0 Å². The average molecular weight is 228 g/mol. The first-order valence-corrected chi connectivity index (χ1v) is 6.61. The molecule has 16 heavy (non-hydrogen) atoms. The highest BCUT2D eigenvalue weighted by Crippen LogP contribution is 2.27. The fraction of sp³-hybridized carbons (Fsp3) is 1.00. The normalized spacial score (nSPS) is 23.6. The zero-order valence-electron chi connectivity index (χ0n) is 11.3. The van der Waals surface area contributed by atoms with E-state index >= 15 is 0 Å². The largest absolute Gasteiger partial charge is 0.378 e. The summed E-state index contributed by atoms with van der Waals surface area (Å²) >= 11 is 0. The van der Waals surface area contributed by atoms with Gasteiger partial charge in [0, 0.05) is 31.8 Å². The van der Waals surface area contributed by atoms with Crippen molar-refractivity contribution in [2.24, 2.45) is 11.7 Å². The Labute approximate surface area is 100 Å². The van der Waals surface area contributed by atoms with E-state index in [9.17, 15) is 0 Å². The molecule has 1 unspecified atom stereocenters. The van der Waals surface area contributed by atoms with Crippen LogP contribution in [-0.2, 0) is 4.74 Å². The number of nitrogens with two attached hydrogens (primary N) is 1. The minimum Gasteiger partial charge on any atom is -0.378 e. The lowest BCUT2D eigenvalue weighted by Crippen LogP contribution is -2.58. The van der Waals surface area contributed by atoms with Gasteiger partial charge >= 0.3 is 0 Å². The number of ether oxygens (including phenoxy) is 1. The highest BCUT2D eigenvalue weighted by Gasteiger charge is 2.35. The van der Waals surface area contributed by atoms with Gasteiger partial charge in [-0.1, -0.05) is 13.8 Å². The molecule has 0 aromatic heterocycles. The summed E-state index contributed by atoms with van der Waals surface area (Å²) < 4.78 is 5.68. The second kappa shape index (κ2) is 5.99. The third-order valence-electron chi connectivity index (χ3n) is 4.22. The van der Waals surface area contributed by atoms with E-state index in [-0.39, 0.29) is 5.54 Å². The smallest absolute Gasteiger partial charge is 0.0599 e. The number of nitrogens with zero attached hydrogens (tertiary/aromatic N) is 1. The number of hydrogen-bond acceptors (Lipinski definition) is 3. The maximum absolute atomic E-state index is 5.96. The molecule has 1 atom stereocenters. The molecule has 0 aliphatic carbocycles. The van der Waals surface area contributed by atoms with Crippen LogP contribution in [0.25, 0.3) is 0 Å². The number of piperidine rings is 1. The molecule has 0 amide bonds. The van der Waals surface area contributed by atoms with E-state index in [0.29, 0.717) is 12.0 Å². The molecule has 1 saturated heterocycles. The second-order valence-corrected chi connectivity index (χ2v) is 5.36. The van der Waals surface area contributed by atoms with Crippen LogP contribution in [-0.4, -0.2) is 42.8 Å². The molecule has 1 rings (SSSR count). The summed E-state index contributed by atoms with van der Waals surface area (Å²) in [6.07, 6.45) is 2.77. The van der Waals surface area contributed by atoms with Crippen molar-refractivity contribution in [2.75, 3.05) is 26.2 Å². The lowest BCUT2D eigenvalue weighted by atomic mass is 9.85. The van der Waals surface area contributed by atoms with Crippen molar-refractivity contribution in [2.45, 2.75) is 52.2 Å². The molecule has 0 aromatic rings. The first kappa shape index (κ1) is 13.9. The molecular formula is C13H28N2O. The molecule has 0 bridgehead atoms. The molecule has 1 heterocycles. The van der Waals surface area contributed by atoms with E-state index in [1.54, 1.807) is 0 Å². The minimum atomic E-state index is 0.150. The van der Waals surface area contributed by atoms with Gasteiger partial charge in [-0.25, -0.2) is 0 Å². The maximum Gasteiger partial charge on any atom is 0.0599 e. The molecule has 0 aromatic carbocycles. The summed E-state index contributed by atoms with van der Waals surface area (Å²) in [5.74, 6) is 0.598. The summed E-state index contributed by atoms with van der Waals surface area (Å²) in [4.78, 5) is 2.55. The van der Waals surface area contributed by atoms with Crippen molar-refractivity contribution in [3.63, 3.8) is 0 Å². The van der Waals surface area contributed by atoms with E-state index < -0.39 is 0 Å². The predicted octanol–water partition coefficient (Wildman–Crippen LogP) is 1.86. The van der Waals surface area contributed by atoms with Gasteiger partial charge in [0.1, 0.15) is 0 Å². The molecule has 3 heteroatoms. The summed E-state index contributed by atoms with van der Waals surface area (Å²) in [5, 5.41) is 0. The van der Waals surface area contributed by atoms with Crippen LogP contribution in [0.4, 0.5) is 0 Å². The number of likely N-dealkylation sites (tertiary alicyclic amines) is 1. The third kappa shape index (κ3) is 2.96. The molecule has 3 nitrogen and oxygen atoms in total. The zero-order chi connectivity index (χ0) is 12.2. The van der Waals surface area contributed by atoms with E-state index in [0.717, 1.165) is 39.1 Å². The zero-order valence-corrected chi connectivity index (χ0v) is 11.3. The fourth-order valence-corrected chi connectivity index (χ4v) is 2.50. The van der Waals surface area contributed by atoms with Crippen LogP contribution in [0.1, 0.15) is 40.5 Å². The predicted molar refractivity (Wildman–Crippen MR) is 68.5 cm³/mol. The van der Waals surface area contributed by atoms with Crippen LogP contribution in [0, 0.1) is 5.92 Å². The van der Waals surface area contributed by atoms with E-state index in [4.69, 9.17) is 10.5 Å². The van der Waals surface area contributed by atoms with Gasteiger partial charge < -0.3 is 10.5 Å². The average Bonchev–Trinajstić information content (AvgIpc) is 2.29. The van der Waals surface area contributed by atoms with E-state index in [1.807, 2.05) is 0 Å². The standard InChI is InChI=1S/C13H28N2O/c1-5-16-12-6-8-15(9-7-12)13(4,10-14)11(2)3/h11-12H,5-10,14H2,1-4H3. The SMILES string of the molecule is CCOC1CCN(C(C)(CN)C(C)C)CC1. The molecule has 1 fully saturated rings. The van der Waals surface area contributed by atoms with Crippen LogP contribution >= 0.6 is 0 Å². The highest BCUT2D eigenvalue weighted by atomic mass is 16.5. The molecule has 0 spiro atoms. The third-order valence-corrected chi connectivity index (χ3v) is 4.22. The second-order valence-electron chi connectivity index (χ2n) is 5.36. The van der Waals surface area contributed by atoms with Gasteiger partial charge in [0.15, 0.2) is 0 Å². The molecule has 0 saturated carbocycles. The molecule has 96 valence electrons. The van der Waals surface area contributed by atoms with Crippen LogP contribution in [0.5, 0.6) is 0 Å². The molecule has 2 N–H and O–H groups in total. The van der Waals surface area contributed by atoms with Gasteiger partial charge in [-0.2, -0.15) is 0 Å². The maximum atomic E-state index is 5.96. The Hall–Kier alpha value is -0.120. The van der Waals surface area contributed by atoms with Crippen LogP contribution in [0.2, 0.25) is 0 Å². The number of hydrogen-bond donors (Lipinski definition) is 1. The van der Waals surface area contributed by atoms with Gasteiger partial charge in [0.25, 0.3) is 0 Å². The Bertz CT molecular complexity index is 200. The molecule has 1 aliphatic rings. The molecule has 1 aliphatic heterocycles. The Kier molecular flexibility index (Phi) is 5.22. The number of rotatable bonds is 5. The van der Waals surface area contributed by atoms with Gasteiger partial charge in [-0.15, -0.1) is 0 Å². The van der Waals surface area contributed by atoms with Gasteiger partial charge in [0.05, 0.1) is 6.10 Å². The summed E-state index contributed by atoms with van der Waals surface area (Å²) in [6.45, 7) is 12.7. The first-order valence-electron chi connectivity index (χ1n) is 6.61.